The molecule has 1 atom stereocenters. The largest absolute Gasteiger partial charge is 0.339 e. The quantitative estimate of drug-likeness (QED) is 0.855. The maximum absolute atomic E-state index is 5.40. The zero-order valence-corrected chi connectivity index (χ0v) is 12.5. The highest BCUT2D eigenvalue weighted by Crippen LogP contribution is 2.21. The van der Waals surface area contributed by atoms with Gasteiger partial charge in [-0.3, -0.25) is 4.90 Å². The summed E-state index contributed by atoms with van der Waals surface area (Å²) < 4.78 is 5.40. The predicted octanol–water partition coefficient (Wildman–Crippen LogP) is 0.673. The molecule has 6 heteroatoms. The van der Waals surface area contributed by atoms with Crippen LogP contribution in [0.3, 0.4) is 0 Å². The summed E-state index contributed by atoms with van der Waals surface area (Å²) >= 11 is 0. The molecule has 1 N–H and O–H groups in total. The fraction of sp³-hybridized carbons (Fsp3) is 0.857. The van der Waals surface area contributed by atoms with Crippen molar-refractivity contribution >= 4 is 0 Å². The van der Waals surface area contributed by atoms with Crippen LogP contribution in [0.4, 0.5) is 0 Å². The molecule has 0 bridgehead atoms. The lowest BCUT2D eigenvalue weighted by Gasteiger charge is -2.24. The third-order valence-electron chi connectivity index (χ3n) is 4.20. The van der Waals surface area contributed by atoms with Gasteiger partial charge in [0, 0.05) is 25.6 Å². The van der Waals surface area contributed by atoms with Crippen LogP contribution < -0.4 is 5.32 Å². The molecule has 1 aromatic heterocycles. The fourth-order valence-corrected chi connectivity index (χ4v) is 2.73. The normalized spacial score (nSPS) is 25.8. The minimum atomic E-state index is 0.247. The van der Waals surface area contributed by atoms with Gasteiger partial charge in [-0.25, -0.2) is 0 Å². The second-order valence-electron chi connectivity index (χ2n) is 6.14. The van der Waals surface area contributed by atoms with Gasteiger partial charge >= 0.3 is 0 Å². The third kappa shape index (κ3) is 3.56. The molecule has 0 radical (unpaired) electrons. The number of nitrogens with one attached hydrogen (secondary N) is 1. The highest BCUT2D eigenvalue weighted by atomic mass is 16.5. The maximum atomic E-state index is 5.40. The molecule has 2 heterocycles. The average molecular weight is 279 g/mol. The Balaban J connectivity index is 1.58. The van der Waals surface area contributed by atoms with Crippen LogP contribution in [0.1, 0.15) is 37.0 Å². The van der Waals surface area contributed by atoms with Crippen molar-refractivity contribution in [3.8, 4) is 0 Å². The van der Waals surface area contributed by atoms with Gasteiger partial charge in [-0.15, -0.1) is 0 Å². The molecular weight excluding hydrogens is 254 g/mol. The first-order valence-electron chi connectivity index (χ1n) is 7.67. The van der Waals surface area contributed by atoms with E-state index in [0.29, 0.717) is 0 Å². The maximum Gasteiger partial charge on any atom is 0.227 e. The summed E-state index contributed by atoms with van der Waals surface area (Å²) in [5.74, 6) is 1.59. The van der Waals surface area contributed by atoms with Crippen molar-refractivity contribution in [1.29, 1.82) is 0 Å². The van der Waals surface area contributed by atoms with Crippen molar-refractivity contribution < 1.29 is 4.52 Å². The first-order valence-corrected chi connectivity index (χ1v) is 7.67. The van der Waals surface area contributed by atoms with E-state index in [1.54, 1.807) is 0 Å². The lowest BCUT2D eigenvalue weighted by Crippen LogP contribution is -2.31. The first kappa shape index (κ1) is 14.0. The van der Waals surface area contributed by atoms with Crippen molar-refractivity contribution in [2.45, 2.75) is 37.8 Å². The molecule has 0 amide bonds. The highest BCUT2D eigenvalue weighted by molar-refractivity contribution is 4.97. The van der Waals surface area contributed by atoms with Gasteiger partial charge in [0.1, 0.15) is 0 Å². The summed E-state index contributed by atoms with van der Waals surface area (Å²) in [4.78, 5) is 9.27. The van der Waals surface area contributed by atoms with Crippen LogP contribution in [0.25, 0.3) is 0 Å². The Labute approximate surface area is 120 Å². The van der Waals surface area contributed by atoms with Gasteiger partial charge < -0.3 is 14.7 Å². The van der Waals surface area contributed by atoms with Gasteiger partial charge in [0.2, 0.25) is 5.89 Å². The van der Waals surface area contributed by atoms with Crippen molar-refractivity contribution in [2.24, 2.45) is 0 Å². The Bertz CT molecular complexity index is 431. The molecule has 2 fully saturated rings. The molecule has 2 aliphatic rings. The minimum absolute atomic E-state index is 0.247. The number of hydrogen-bond donors (Lipinski definition) is 1. The van der Waals surface area contributed by atoms with E-state index < -0.39 is 0 Å². The summed E-state index contributed by atoms with van der Waals surface area (Å²) in [5, 5.41) is 7.67. The van der Waals surface area contributed by atoms with Crippen molar-refractivity contribution in [3.05, 3.63) is 11.7 Å². The van der Waals surface area contributed by atoms with Crippen LogP contribution in [0.2, 0.25) is 0 Å². The van der Waals surface area contributed by atoms with Crippen LogP contribution in [0.5, 0.6) is 0 Å². The van der Waals surface area contributed by atoms with Gasteiger partial charge in [-0.1, -0.05) is 5.16 Å². The van der Waals surface area contributed by atoms with E-state index in [4.69, 9.17) is 4.52 Å². The van der Waals surface area contributed by atoms with E-state index in [9.17, 15) is 0 Å². The zero-order valence-electron chi connectivity index (χ0n) is 12.5. The Morgan fingerprint density at radius 3 is 2.95 bits per heavy atom. The molecule has 1 aliphatic heterocycles. The Hall–Kier alpha value is -0.980. The van der Waals surface area contributed by atoms with Gasteiger partial charge in [0.25, 0.3) is 0 Å². The number of hydrogen-bond acceptors (Lipinski definition) is 6. The Kier molecular flexibility index (Phi) is 4.33. The lowest BCUT2D eigenvalue weighted by atomic mass is 10.2. The summed E-state index contributed by atoms with van der Waals surface area (Å²) in [5.41, 5.74) is 0. The average Bonchev–Trinajstić information content (AvgIpc) is 3.15. The predicted molar refractivity (Wildman–Crippen MR) is 76.5 cm³/mol. The molecule has 1 aromatic rings. The van der Waals surface area contributed by atoms with E-state index in [0.717, 1.165) is 50.4 Å². The van der Waals surface area contributed by atoms with Gasteiger partial charge in [0.05, 0.1) is 6.04 Å². The van der Waals surface area contributed by atoms with Gasteiger partial charge in [-0.2, -0.15) is 4.98 Å². The molecule has 1 saturated carbocycles. The third-order valence-corrected chi connectivity index (χ3v) is 4.20. The standard InChI is InChI=1S/C14H25N5O/c1-18-8-3-9-19(2)12(10-18)14-16-13(20-17-14)6-7-15-11-4-5-11/h11-12,15H,3-10H2,1-2H3. The smallest absolute Gasteiger partial charge is 0.227 e. The van der Waals surface area contributed by atoms with Gasteiger partial charge in [0.15, 0.2) is 5.82 Å². The molecule has 0 aromatic carbocycles. The Morgan fingerprint density at radius 1 is 1.30 bits per heavy atom. The summed E-state index contributed by atoms with van der Waals surface area (Å²) in [7, 11) is 4.31. The molecule has 6 nitrogen and oxygen atoms in total. The number of likely N-dealkylation sites (N-methyl/N-ethyl adjacent to an activating group) is 2. The lowest BCUT2D eigenvalue weighted by molar-refractivity contribution is 0.214. The number of aromatic nitrogens is 2. The van der Waals surface area contributed by atoms with Crippen LogP contribution in [0.15, 0.2) is 4.52 Å². The molecule has 20 heavy (non-hydrogen) atoms. The van der Waals surface area contributed by atoms with Gasteiger partial charge in [-0.05, 0) is 46.4 Å². The molecule has 112 valence electrons. The van der Waals surface area contributed by atoms with E-state index >= 15 is 0 Å². The fourth-order valence-electron chi connectivity index (χ4n) is 2.73. The summed E-state index contributed by atoms with van der Waals surface area (Å²) in [6.07, 6.45) is 4.65. The van der Waals surface area contributed by atoms with Crippen molar-refractivity contribution in [3.63, 3.8) is 0 Å². The van der Waals surface area contributed by atoms with Crippen molar-refractivity contribution in [1.82, 2.24) is 25.3 Å². The molecule has 0 spiro atoms. The van der Waals surface area contributed by atoms with E-state index in [-0.39, 0.29) is 6.04 Å². The van der Waals surface area contributed by atoms with Crippen molar-refractivity contribution in [2.75, 3.05) is 40.3 Å². The molecule has 3 rings (SSSR count). The van der Waals surface area contributed by atoms with Crippen LogP contribution in [-0.2, 0) is 6.42 Å². The second-order valence-corrected chi connectivity index (χ2v) is 6.14. The summed E-state index contributed by atoms with van der Waals surface area (Å²) in [6, 6.07) is 0.982. The highest BCUT2D eigenvalue weighted by Gasteiger charge is 2.26. The van der Waals surface area contributed by atoms with Crippen LogP contribution in [-0.4, -0.2) is 66.3 Å². The second kappa shape index (κ2) is 6.20. The minimum Gasteiger partial charge on any atom is -0.339 e. The number of nitrogens with zero attached hydrogens (tertiary/aromatic N) is 4. The molecule has 1 unspecified atom stereocenters. The Morgan fingerprint density at radius 2 is 2.15 bits per heavy atom. The first-order chi connectivity index (χ1) is 9.72. The van der Waals surface area contributed by atoms with E-state index in [1.165, 1.54) is 19.3 Å². The molecular formula is C14H25N5O. The van der Waals surface area contributed by atoms with Crippen LogP contribution in [0, 0.1) is 0 Å². The van der Waals surface area contributed by atoms with Crippen LogP contribution >= 0.6 is 0 Å². The van der Waals surface area contributed by atoms with E-state index in [1.807, 2.05) is 0 Å². The summed E-state index contributed by atoms with van der Waals surface area (Å²) in [6.45, 7) is 4.13. The molecule has 1 aliphatic carbocycles. The zero-order chi connectivity index (χ0) is 13.9. The number of rotatable bonds is 5. The topological polar surface area (TPSA) is 57.4 Å². The van der Waals surface area contributed by atoms with E-state index in [2.05, 4.69) is 39.4 Å². The molecule has 1 saturated heterocycles. The monoisotopic (exact) mass is 279 g/mol. The SMILES string of the molecule is CN1CCCN(C)C(c2noc(CCNC3CC3)n2)C1.